The molecule has 4 N–H and O–H groups in total. The third-order valence-electron chi connectivity index (χ3n) is 3.86. The minimum absolute atomic E-state index is 0. The van der Waals surface area contributed by atoms with Crippen LogP contribution >= 0.6 is 0 Å². The van der Waals surface area contributed by atoms with Gasteiger partial charge in [0.15, 0.2) is 6.15 Å². The smallest absolute Gasteiger partial charge is 0.196 e. The first-order chi connectivity index (χ1) is 12.2. The first kappa shape index (κ1) is 19.1. The average Bonchev–Trinajstić information content (AvgIpc) is 3.39. The van der Waals surface area contributed by atoms with Crippen LogP contribution in [0.5, 0.6) is 0 Å². The molecule has 0 unspecified atom stereocenters. The molecule has 138 valence electrons. The molecule has 4 aromatic heterocycles. The molecular weight excluding hydrogens is 435 g/mol. The van der Waals surface area contributed by atoms with Crippen molar-refractivity contribution in [3.8, 4) is 0 Å². The minimum Gasteiger partial charge on any atom is -0.356 e. The second kappa shape index (κ2) is 8.23. The van der Waals surface area contributed by atoms with Crippen LogP contribution in [0.15, 0.2) is 49.1 Å². The summed E-state index contributed by atoms with van der Waals surface area (Å²) < 4.78 is 0. The largest absolute Gasteiger partial charge is 0.356 e. The number of aromatic amines is 4. The molecule has 0 aliphatic carbocycles. The summed E-state index contributed by atoms with van der Waals surface area (Å²) in [7, 11) is 0. The predicted octanol–water partition coefficient (Wildman–Crippen LogP) is -2.29. The molecule has 12 nitrogen and oxygen atoms in total. The Kier molecular flexibility index (Phi) is 6.05. The zero-order valence-electron chi connectivity index (χ0n) is 13.0. The van der Waals surface area contributed by atoms with Gasteiger partial charge in [0.2, 0.25) is 0 Å². The van der Waals surface area contributed by atoms with E-state index in [4.69, 9.17) is 15.3 Å². The van der Waals surface area contributed by atoms with Gasteiger partial charge in [-0.05, 0) is 0 Å². The SMILES string of the molecule is O=[N+]([O-])[O-].[Pd].c1cc([B-](c2cc[nH]n2)(c2cc[nH]n2)c2cc[nH]n2)n[nH]1. The second-order valence-electron chi connectivity index (χ2n) is 5.09. The van der Waals surface area contributed by atoms with E-state index in [0.717, 1.165) is 22.4 Å². The van der Waals surface area contributed by atoms with Crippen LogP contribution in [0.4, 0.5) is 0 Å². The fourth-order valence-electron chi connectivity index (χ4n) is 2.96. The number of nitrogens with one attached hydrogen (secondary N) is 4. The van der Waals surface area contributed by atoms with Gasteiger partial charge in [0.1, 0.15) is 0 Å². The van der Waals surface area contributed by atoms with Crippen LogP contribution in [0.3, 0.4) is 0 Å². The molecule has 0 aliphatic rings. The van der Waals surface area contributed by atoms with E-state index in [2.05, 4.69) is 40.8 Å². The molecule has 0 aliphatic heterocycles. The number of hydrogen-bond acceptors (Lipinski definition) is 7. The molecule has 4 heterocycles. The maximum Gasteiger partial charge on any atom is 0.196 e. The van der Waals surface area contributed by atoms with Gasteiger partial charge in [-0.15, -0.1) is 0 Å². The summed E-state index contributed by atoms with van der Waals surface area (Å²) in [5.74, 6) is 0. The van der Waals surface area contributed by atoms with E-state index in [9.17, 15) is 0 Å². The zero-order chi connectivity index (χ0) is 17.7. The Bertz CT molecular complexity index is 748. The van der Waals surface area contributed by atoms with Gasteiger partial charge < -0.3 is 15.3 Å². The van der Waals surface area contributed by atoms with Crippen molar-refractivity contribution in [3.05, 3.63) is 64.4 Å². The molecule has 0 fully saturated rings. The molecule has 0 aromatic carbocycles. The fourth-order valence-corrected chi connectivity index (χ4v) is 2.96. The monoisotopic (exact) mass is 447 g/mol. The third kappa shape index (κ3) is 3.41. The third-order valence-corrected chi connectivity index (χ3v) is 3.86. The maximum absolute atomic E-state index is 8.25. The molecule has 26 heavy (non-hydrogen) atoms. The van der Waals surface area contributed by atoms with Gasteiger partial charge in [0.25, 0.3) is 0 Å². The van der Waals surface area contributed by atoms with Crippen LogP contribution in [0.2, 0.25) is 0 Å². The molecule has 0 atom stereocenters. The summed E-state index contributed by atoms with van der Waals surface area (Å²) in [4.78, 5) is 8.25. The van der Waals surface area contributed by atoms with Crippen LogP contribution in [0.1, 0.15) is 0 Å². The van der Waals surface area contributed by atoms with Crippen LogP contribution in [0, 0.1) is 15.3 Å². The summed E-state index contributed by atoms with van der Waals surface area (Å²) in [5, 5.41) is 43.8. The standard InChI is InChI=1S/C12H12BN8.NO3.Pd/c1-5-14-18-9(1)13(10-2-6-15-19-10,11-3-7-16-20-11)12-4-8-17-21-12;2-1(3)4;/h1-8H,(H,14,18)(H,15,19)(H,16,20)(H,17,21);;/q2*-1;. The summed E-state index contributed by atoms with van der Waals surface area (Å²) in [6, 6.07) is 7.71. The van der Waals surface area contributed by atoms with E-state index in [1.165, 1.54) is 0 Å². The van der Waals surface area contributed by atoms with Gasteiger partial charge in [0.05, 0.1) is 5.09 Å². The Balaban J connectivity index is 0.000000444. The quantitative estimate of drug-likeness (QED) is 0.154. The molecule has 0 radical (unpaired) electrons. The van der Waals surface area contributed by atoms with Gasteiger partial charge in [-0.3, -0.25) is 20.4 Å². The van der Waals surface area contributed by atoms with Crippen molar-refractivity contribution >= 4 is 28.5 Å². The van der Waals surface area contributed by atoms with Crippen molar-refractivity contribution in [2.24, 2.45) is 0 Å². The minimum atomic E-state index is -1.75. The number of H-pyrrole nitrogens is 4. The number of nitrogens with zero attached hydrogens (tertiary/aromatic N) is 5. The Labute approximate surface area is 159 Å². The van der Waals surface area contributed by atoms with E-state index >= 15 is 0 Å². The molecule has 0 saturated carbocycles. The number of rotatable bonds is 4. The first-order valence-electron chi connectivity index (χ1n) is 7.13. The summed E-state index contributed by atoms with van der Waals surface area (Å²) in [6.07, 6.45) is 5.53. The van der Waals surface area contributed by atoms with E-state index in [1.807, 2.05) is 24.3 Å². The summed E-state index contributed by atoms with van der Waals surface area (Å²) in [5.41, 5.74) is 3.34. The van der Waals surface area contributed by atoms with Crippen molar-refractivity contribution in [2.75, 3.05) is 0 Å². The van der Waals surface area contributed by atoms with Crippen LogP contribution in [0.25, 0.3) is 0 Å². The summed E-state index contributed by atoms with van der Waals surface area (Å²) in [6.45, 7) is 0. The van der Waals surface area contributed by atoms with E-state index in [0.29, 0.717) is 0 Å². The number of hydrogen-bond donors (Lipinski definition) is 4. The zero-order valence-corrected chi connectivity index (χ0v) is 14.5. The Morgan fingerprint density at radius 1 is 0.692 bits per heavy atom. The van der Waals surface area contributed by atoms with E-state index in [-0.39, 0.29) is 20.4 Å². The molecule has 0 saturated heterocycles. The van der Waals surface area contributed by atoms with Crippen molar-refractivity contribution < 1.29 is 25.5 Å². The van der Waals surface area contributed by atoms with Crippen LogP contribution in [-0.4, -0.2) is 52.0 Å². The molecular formula is C12H12BN9O3Pd-2. The second-order valence-corrected chi connectivity index (χ2v) is 5.09. The van der Waals surface area contributed by atoms with Crippen molar-refractivity contribution in [2.45, 2.75) is 0 Å². The van der Waals surface area contributed by atoms with Crippen molar-refractivity contribution in [1.29, 1.82) is 0 Å². The van der Waals surface area contributed by atoms with Crippen LogP contribution in [-0.2, 0) is 20.4 Å². The molecule has 0 amide bonds. The molecule has 14 heteroatoms. The van der Waals surface area contributed by atoms with Crippen molar-refractivity contribution in [1.82, 2.24) is 40.8 Å². The Morgan fingerprint density at radius 3 is 1.08 bits per heavy atom. The predicted molar refractivity (Wildman–Crippen MR) is 89.0 cm³/mol. The average molecular weight is 448 g/mol. The van der Waals surface area contributed by atoms with Crippen molar-refractivity contribution in [3.63, 3.8) is 0 Å². The normalized spacial score (nSPS) is 10.5. The van der Waals surface area contributed by atoms with Gasteiger partial charge in [0, 0.05) is 45.2 Å². The van der Waals surface area contributed by atoms with E-state index < -0.39 is 11.2 Å². The first-order valence-corrected chi connectivity index (χ1v) is 7.13. The molecule has 4 rings (SSSR count). The summed E-state index contributed by atoms with van der Waals surface area (Å²) >= 11 is 0. The topological polar surface area (TPSA) is 181 Å². The maximum atomic E-state index is 8.25. The van der Waals surface area contributed by atoms with Gasteiger partial charge in [-0.1, -0.05) is 46.6 Å². The Morgan fingerprint density at radius 2 is 0.923 bits per heavy atom. The van der Waals surface area contributed by atoms with E-state index in [1.54, 1.807) is 24.8 Å². The van der Waals surface area contributed by atoms with Crippen LogP contribution < -0.4 is 22.4 Å². The number of aromatic nitrogens is 8. The molecule has 0 bridgehead atoms. The molecule has 4 aromatic rings. The van der Waals surface area contributed by atoms with Gasteiger partial charge in [-0.25, -0.2) is 20.4 Å². The Hall–Kier alpha value is -3.23. The fraction of sp³-hybridized carbons (Fsp3) is 0. The van der Waals surface area contributed by atoms with Gasteiger partial charge >= 0.3 is 0 Å². The van der Waals surface area contributed by atoms with Gasteiger partial charge in [-0.2, -0.15) is 0 Å². The molecule has 0 spiro atoms.